The Bertz CT molecular complexity index is 888. The minimum atomic E-state index is -4.67. The fourth-order valence-electron chi connectivity index (χ4n) is 3.66. The van der Waals surface area contributed by atoms with Crippen LogP contribution in [0.2, 0.25) is 0 Å². The lowest BCUT2D eigenvalue weighted by molar-refractivity contribution is -0.207. The Balaban J connectivity index is 1.85. The second-order valence-corrected chi connectivity index (χ2v) is 7.58. The molecule has 2 aromatic heterocycles. The molecule has 2 atom stereocenters. The van der Waals surface area contributed by atoms with Gasteiger partial charge in [0.2, 0.25) is 5.82 Å². The highest BCUT2D eigenvalue weighted by Crippen LogP contribution is 2.53. The summed E-state index contributed by atoms with van der Waals surface area (Å²) in [5, 5.41) is 1.94. The van der Waals surface area contributed by atoms with Gasteiger partial charge < -0.3 is 4.74 Å². The zero-order chi connectivity index (χ0) is 19.5. The Morgan fingerprint density at radius 2 is 2.04 bits per heavy atom. The molecular weight excluding hydrogens is 351 g/mol. The molecule has 3 rings (SSSR count). The molecular formula is C16H22F3N5O2. The summed E-state index contributed by atoms with van der Waals surface area (Å²) < 4.78 is 44.6. The van der Waals surface area contributed by atoms with Gasteiger partial charge in [-0.05, 0) is 20.4 Å². The average Bonchev–Trinajstić information content (AvgIpc) is 2.96. The minimum Gasteiger partial charge on any atom is -0.378 e. The maximum absolute atomic E-state index is 12.8. The molecule has 0 spiro atoms. The van der Waals surface area contributed by atoms with E-state index in [1.807, 2.05) is 17.0 Å². The Labute approximate surface area is 148 Å². The largest absolute Gasteiger partial charge is 0.451 e. The highest BCUT2D eigenvalue weighted by atomic mass is 19.4. The molecule has 1 saturated carbocycles. The highest BCUT2D eigenvalue weighted by molar-refractivity contribution is 5.28. The van der Waals surface area contributed by atoms with E-state index in [0.29, 0.717) is 16.8 Å². The van der Waals surface area contributed by atoms with Crippen LogP contribution in [0, 0.1) is 5.41 Å². The van der Waals surface area contributed by atoms with Gasteiger partial charge >= 0.3 is 6.18 Å². The molecule has 1 fully saturated rings. The van der Waals surface area contributed by atoms with Crippen LogP contribution in [-0.2, 0) is 17.5 Å². The van der Waals surface area contributed by atoms with Gasteiger partial charge in [-0.3, -0.25) is 14.8 Å². The first-order chi connectivity index (χ1) is 11.9. The summed E-state index contributed by atoms with van der Waals surface area (Å²) >= 11 is 0. The van der Waals surface area contributed by atoms with Gasteiger partial charge in [-0.2, -0.15) is 22.7 Å². The molecule has 2 aromatic rings. The molecule has 2 heterocycles. The summed E-state index contributed by atoms with van der Waals surface area (Å²) in [5.74, 6) is -1.54. The number of alkyl halides is 3. The molecule has 144 valence electrons. The maximum atomic E-state index is 12.8. The average molecular weight is 373 g/mol. The number of H-pyrrole nitrogens is 1. The Morgan fingerprint density at radius 3 is 2.58 bits per heavy atom. The van der Waals surface area contributed by atoms with Crippen molar-refractivity contribution in [3.63, 3.8) is 0 Å². The molecule has 0 aliphatic heterocycles. The van der Waals surface area contributed by atoms with Gasteiger partial charge in [0.05, 0.1) is 11.3 Å². The molecule has 10 heteroatoms. The van der Waals surface area contributed by atoms with Crippen LogP contribution in [0.25, 0.3) is 5.78 Å². The zero-order valence-electron chi connectivity index (χ0n) is 15.3. The maximum Gasteiger partial charge on any atom is 0.451 e. The lowest BCUT2D eigenvalue weighted by Crippen LogP contribution is -2.67. The molecule has 0 aromatic carbocycles. The first-order valence-corrected chi connectivity index (χ1v) is 8.20. The van der Waals surface area contributed by atoms with Gasteiger partial charge in [-0.1, -0.05) is 13.8 Å². The number of aromatic amines is 1. The quantitative estimate of drug-likeness (QED) is 0.888. The van der Waals surface area contributed by atoms with E-state index in [1.54, 1.807) is 7.11 Å². The van der Waals surface area contributed by atoms with Gasteiger partial charge in [0.25, 0.3) is 11.3 Å². The van der Waals surface area contributed by atoms with Crippen LogP contribution >= 0.6 is 0 Å². The van der Waals surface area contributed by atoms with Crippen molar-refractivity contribution in [1.82, 2.24) is 24.5 Å². The number of ether oxygens (including phenoxy) is 1. The fraction of sp³-hybridized carbons (Fsp3) is 0.688. The van der Waals surface area contributed by atoms with E-state index in [-0.39, 0.29) is 22.8 Å². The van der Waals surface area contributed by atoms with Crippen LogP contribution in [0.3, 0.4) is 0 Å². The molecule has 0 amide bonds. The standard InChI is InChI=1S/C16H22F3N5O2/c1-14(2)10(7-15(14,3)26-5)23(4)8-9-6-11(25)24-13(20-9)21-12(22-24)16(17,18)19/h6,10H,7-8H2,1-5H3,(H,20,21,22)/t10-,15+/m0/s1. The predicted molar refractivity (Wildman–Crippen MR) is 87.7 cm³/mol. The molecule has 26 heavy (non-hydrogen) atoms. The molecule has 0 radical (unpaired) electrons. The molecule has 0 unspecified atom stereocenters. The number of methoxy groups -OCH3 is 1. The van der Waals surface area contributed by atoms with Gasteiger partial charge in [-0.15, -0.1) is 0 Å². The predicted octanol–water partition coefficient (Wildman–Crippen LogP) is 2.07. The normalized spacial score (nSPS) is 25.7. The molecule has 1 aliphatic rings. The number of fused-ring (bicyclic) bond motifs is 1. The van der Waals surface area contributed by atoms with Crippen molar-refractivity contribution in [3.05, 3.63) is 27.9 Å². The molecule has 1 aliphatic carbocycles. The first kappa shape index (κ1) is 18.8. The summed E-state index contributed by atoms with van der Waals surface area (Å²) in [6.45, 7) is 6.59. The van der Waals surface area contributed by atoms with Crippen LogP contribution in [0.5, 0.6) is 0 Å². The van der Waals surface area contributed by atoms with Crippen molar-refractivity contribution in [1.29, 1.82) is 0 Å². The number of nitrogens with one attached hydrogen (secondary N) is 1. The Morgan fingerprint density at radius 1 is 1.38 bits per heavy atom. The van der Waals surface area contributed by atoms with E-state index >= 15 is 0 Å². The van der Waals surface area contributed by atoms with Gasteiger partial charge in [0.15, 0.2) is 0 Å². The van der Waals surface area contributed by atoms with Crippen molar-refractivity contribution in [2.24, 2.45) is 5.41 Å². The Kier molecular flexibility index (Phi) is 4.19. The zero-order valence-corrected chi connectivity index (χ0v) is 15.3. The minimum absolute atomic E-state index is 0.120. The van der Waals surface area contributed by atoms with Crippen LogP contribution in [0.4, 0.5) is 13.2 Å². The van der Waals surface area contributed by atoms with Gasteiger partial charge in [0.1, 0.15) is 0 Å². The number of hydrogen-bond acceptors (Lipinski definition) is 5. The lowest BCUT2D eigenvalue weighted by Gasteiger charge is -2.61. The number of halogens is 3. The summed E-state index contributed by atoms with van der Waals surface area (Å²) in [6.07, 6.45) is -3.85. The van der Waals surface area contributed by atoms with E-state index in [4.69, 9.17) is 4.74 Å². The van der Waals surface area contributed by atoms with Gasteiger partial charge in [0, 0.05) is 31.2 Å². The smallest absolute Gasteiger partial charge is 0.378 e. The summed E-state index contributed by atoms with van der Waals surface area (Å²) in [5.41, 5.74) is -0.617. The van der Waals surface area contributed by atoms with E-state index in [9.17, 15) is 18.0 Å². The lowest BCUT2D eigenvalue weighted by atomic mass is 9.55. The summed E-state index contributed by atoms with van der Waals surface area (Å²) in [6, 6.07) is 1.42. The number of nitrogens with zero attached hydrogens (tertiary/aromatic N) is 4. The topological polar surface area (TPSA) is 75.5 Å². The number of rotatable bonds is 4. The number of hydrogen-bond donors (Lipinski definition) is 1. The third-order valence-electron chi connectivity index (χ3n) is 5.83. The fourth-order valence-corrected chi connectivity index (χ4v) is 3.66. The van der Waals surface area contributed by atoms with Crippen LogP contribution in [0.1, 0.15) is 38.7 Å². The van der Waals surface area contributed by atoms with Crippen molar-refractivity contribution < 1.29 is 17.9 Å². The number of aromatic nitrogens is 4. The van der Waals surface area contributed by atoms with Gasteiger partial charge in [-0.25, -0.2) is 4.98 Å². The second kappa shape index (κ2) is 5.78. The Hall–Kier alpha value is -1.94. The van der Waals surface area contributed by atoms with Crippen LogP contribution in [0.15, 0.2) is 10.9 Å². The molecule has 1 N–H and O–H groups in total. The third-order valence-corrected chi connectivity index (χ3v) is 5.83. The summed E-state index contributed by atoms with van der Waals surface area (Å²) in [7, 11) is 3.58. The monoisotopic (exact) mass is 373 g/mol. The summed E-state index contributed by atoms with van der Waals surface area (Å²) in [4.78, 5) is 21.6. The molecule has 0 bridgehead atoms. The first-order valence-electron chi connectivity index (χ1n) is 8.20. The van der Waals surface area contributed by atoms with E-state index in [2.05, 4.69) is 30.7 Å². The second-order valence-electron chi connectivity index (χ2n) is 7.58. The SMILES string of the molecule is CO[C@]1(C)C[C@H](N(C)Cc2cc(=O)n3[nH]c(C(F)(F)F)nc3n2)C1(C)C. The third kappa shape index (κ3) is 2.81. The van der Waals surface area contributed by atoms with E-state index in [1.165, 1.54) is 6.07 Å². The highest BCUT2D eigenvalue weighted by Gasteiger charge is 2.58. The molecule has 7 nitrogen and oxygen atoms in total. The van der Waals surface area contributed by atoms with E-state index < -0.39 is 17.6 Å². The van der Waals surface area contributed by atoms with Crippen molar-refractivity contribution in [3.8, 4) is 0 Å². The van der Waals surface area contributed by atoms with E-state index in [0.717, 1.165) is 6.42 Å². The van der Waals surface area contributed by atoms with Crippen LogP contribution < -0.4 is 5.56 Å². The van der Waals surface area contributed by atoms with Crippen molar-refractivity contribution in [2.45, 2.75) is 51.6 Å². The van der Waals surface area contributed by atoms with Crippen molar-refractivity contribution in [2.75, 3.05) is 14.2 Å². The van der Waals surface area contributed by atoms with Crippen molar-refractivity contribution >= 4 is 5.78 Å². The molecule has 0 saturated heterocycles. The van der Waals surface area contributed by atoms with Crippen LogP contribution in [-0.4, -0.2) is 50.3 Å².